The molecule has 1 aliphatic heterocycles. The zero-order chi connectivity index (χ0) is 18.5. The second-order valence-corrected chi connectivity index (χ2v) is 6.99. The highest BCUT2D eigenvalue weighted by Gasteiger charge is 2.29. The van der Waals surface area contributed by atoms with E-state index in [9.17, 15) is 4.79 Å². The largest absolute Gasteiger partial charge is 0.316 e. The molecule has 0 aliphatic carbocycles. The molecule has 0 bridgehead atoms. The van der Waals surface area contributed by atoms with Crippen LogP contribution in [0.5, 0.6) is 0 Å². The molecule has 0 saturated carbocycles. The monoisotopic (exact) mass is 353 g/mol. The molecule has 0 unspecified atom stereocenters. The minimum Gasteiger partial charge on any atom is -0.316 e. The number of carbonyl (C=O) groups is 1. The standard InChI is InChI=1S/C25H23NO/c27-25-16-15-24(26(25)18-17-20-7-3-1-4-8-20)19-21-11-13-23(14-12-21)22-9-5-2-6-10-22/h1-14,17-18,24H,15-16,19H2/t24-/m0/s1. The van der Waals surface area contributed by atoms with Crippen LogP contribution in [0.4, 0.5) is 0 Å². The molecule has 4 rings (SSSR count). The summed E-state index contributed by atoms with van der Waals surface area (Å²) in [7, 11) is 0. The first-order valence-electron chi connectivity index (χ1n) is 9.48. The lowest BCUT2D eigenvalue weighted by atomic mass is 10.00. The Hall–Kier alpha value is -3.13. The van der Waals surface area contributed by atoms with Crippen molar-refractivity contribution in [3.8, 4) is 11.1 Å². The van der Waals surface area contributed by atoms with Crippen molar-refractivity contribution >= 4 is 12.0 Å². The van der Waals surface area contributed by atoms with Gasteiger partial charge < -0.3 is 4.90 Å². The maximum atomic E-state index is 12.3. The van der Waals surface area contributed by atoms with E-state index in [-0.39, 0.29) is 11.9 Å². The van der Waals surface area contributed by atoms with Gasteiger partial charge in [-0.1, -0.05) is 84.9 Å². The fourth-order valence-corrected chi connectivity index (χ4v) is 3.63. The molecule has 0 N–H and O–H groups in total. The van der Waals surface area contributed by atoms with Crippen molar-refractivity contribution in [3.63, 3.8) is 0 Å². The number of nitrogens with zero attached hydrogens (tertiary/aromatic N) is 1. The quantitative estimate of drug-likeness (QED) is 0.588. The van der Waals surface area contributed by atoms with E-state index in [0.717, 1.165) is 18.4 Å². The van der Waals surface area contributed by atoms with Crippen molar-refractivity contribution in [1.82, 2.24) is 4.90 Å². The lowest BCUT2D eigenvalue weighted by Crippen LogP contribution is -2.29. The van der Waals surface area contributed by atoms with Gasteiger partial charge in [0.15, 0.2) is 0 Å². The van der Waals surface area contributed by atoms with Crippen LogP contribution in [0.25, 0.3) is 17.2 Å². The highest BCUT2D eigenvalue weighted by molar-refractivity contribution is 5.80. The van der Waals surface area contributed by atoms with Crippen LogP contribution in [0, 0.1) is 0 Å². The number of carbonyl (C=O) groups excluding carboxylic acids is 1. The van der Waals surface area contributed by atoms with E-state index >= 15 is 0 Å². The van der Waals surface area contributed by atoms with Crippen LogP contribution in [-0.4, -0.2) is 16.8 Å². The van der Waals surface area contributed by atoms with E-state index in [1.165, 1.54) is 16.7 Å². The fraction of sp³-hybridized carbons (Fsp3) is 0.160. The third kappa shape index (κ3) is 4.17. The highest BCUT2D eigenvalue weighted by atomic mass is 16.2. The molecular formula is C25H23NO. The number of benzene rings is 3. The predicted octanol–water partition coefficient (Wildman–Crippen LogP) is 5.56. The molecule has 3 aromatic rings. The lowest BCUT2D eigenvalue weighted by Gasteiger charge is -2.21. The molecule has 1 heterocycles. The van der Waals surface area contributed by atoms with Crippen molar-refractivity contribution in [1.29, 1.82) is 0 Å². The molecule has 1 fully saturated rings. The summed E-state index contributed by atoms with van der Waals surface area (Å²) in [5.74, 6) is 0.216. The summed E-state index contributed by atoms with van der Waals surface area (Å²) in [6.07, 6.45) is 6.41. The molecule has 1 amide bonds. The van der Waals surface area contributed by atoms with Crippen LogP contribution in [0.2, 0.25) is 0 Å². The summed E-state index contributed by atoms with van der Waals surface area (Å²) in [6, 6.07) is 29.5. The Morgan fingerprint density at radius 3 is 2.15 bits per heavy atom. The topological polar surface area (TPSA) is 20.3 Å². The second-order valence-electron chi connectivity index (χ2n) is 6.99. The molecule has 2 nitrogen and oxygen atoms in total. The molecule has 1 atom stereocenters. The van der Waals surface area contributed by atoms with Gasteiger partial charge >= 0.3 is 0 Å². The molecule has 3 aromatic carbocycles. The van der Waals surface area contributed by atoms with Crippen molar-refractivity contribution < 1.29 is 4.79 Å². The number of hydrogen-bond acceptors (Lipinski definition) is 1. The predicted molar refractivity (Wildman–Crippen MR) is 111 cm³/mol. The smallest absolute Gasteiger partial charge is 0.226 e. The summed E-state index contributed by atoms with van der Waals surface area (Å²) in [5, 5.41) is 0. The van der Waals surface area contributed by atoms with Crippen LogP contribution in [0.15, 0.2) is 91.1 Å². The van der Waals surface area contributed by atoms with Crippen molar-refractivity contribution in [2.75, 3.05) is 0 Å². The summed E-state index contributed by atoms with van der Waals surface area (Å²) >= 11 is 0. The Bertz CT molecular complexity index is 914. The SMILES string of the molecule is O=C1CC[C@@H](Cc2ccc(-c3ccccc3)cc2)N1C=Cc1ccccc1. The Kier molecular flexibility index (Phi) is 5.15. The number of amides is 1. The minimum atomic E-state index is 0.216. The first-order valence-corrected chi connectivity index (χ1v) is 9.48. The summed E-state index contributed by atoms with van der Waals surface area (Å²) < 4.78 is 0. The fourth-order valence-electron chi connectivity index (χ4n) is 3.63. The van der Waals surface area contributed by atoms with Crippen LogP contribution >= 0.6 is 0 Å². The van der Waals surface area contributed by atoms with Crippen molar-refractivity contribution in [3.05, 3.63) is 102 Å². The van der Waals surface area contributed by atoms with E-state index in [2.05, 4.69) is 48.5 Å². The number of rotatable bonds is 5. The minimum absolute atomic E-state index is 0.216. The number of likely N-dealkylation sites (tertiary alicyclic amines) is 1. The zero-order valence-corrected chi connectivity index (χ0v) is 15.3. The Morgan fingerprint density at radius 1 is 0.815 bits per heavy atom. The van der Waals surface area contributed by atoms with Crippen LogP contribution in [0.1, 0.15) is 24.0 Å². The van der Waals surface area contributed by atoms with E-state index < -0.39 is 0 Å². The van der Waals surface area contributed by atoms with Crippen molar-refractivity contribution in [2.24, 2.45) is 0 Å². The summed E-state index contributed by atoms with van der Waals surface area (Å²) in [5.41, 5.74) is 4.84. The normalized spacial score (nSPS) is 17.0. The Morgan fingerprint density at radius 2 is 1.44 bits per heavy atom. The van der Waals surface area contributed by atoms with Crippen molar-refractivity contribution in [2.45, 2.75) is 25.3 Å². The van der Waals surface area contributed by atoms with Gasteiger partial charge in [0.2, 0.25) is 5.91 Å². The average Bonchev–Trinajstić information content (AvgIpc) is 3.07. The summed E-state index contributed by atoms with van der Waals surface area (Å²) in [6.45, 7) is 0. The molecular weight excluding hydrogens is 330 g/mol. The molecule has 27 heavy (non-hydrogen) atoms. The lowest BCUT2D eigenvalue weighted by molar-refractivity contribution is -0.126. The van der Waals surface area contributed by atoms with E-state index in [1.54, 1.807) is 0 Å². The van der Waals surface area contributed by atoms with Gasteiger partial charge in [0, 0.05) is 18.7 Å². The molecule has 0 radical (unpaired) electrons. The van der Waals surface area contributed by atoms with Gasteiger partial charge in [0.05, 0.1) is 0 Å². The maximum absolute atomic E-state index is 12.3. The van der Waals surface area contributed by atoms with Crippen LogP contribution in [-0.2, 0) is 11.2 Å². The van der Waals surface area contributed by atoms with Gasteiger partial charge in [-0.15, -0.1) is 0 Å². The van der Waals surface area contributed by atoms with E-state index in [1.807, 2.05) is 53.6 Å². The van der Waals surface area contributed by atoms with Gasteiger partial charge in [-0.3, -0.25) is 4.79 Å². The van der Waals surface area contributed by atoms with Gasteiger partial charge in [-0.05, 0) is 41.2 Å². The van der Waals surface area contributed by atoms with Crippen LogP contribution in [0.3, 0.4) is 0 Å². The summed E-state index contributed by atoms with van der Waals surface area (Å²) in [4.78, 5) is 14.2. The molecule has 0 aromatic heterocycles. The first-order chi connectivity index (χ1) is 13.3. The van der Waals surface area contributed by atoms with Gasteiger partial charge in [-0.25, -0.2) is 0 Å². The van der Waals surface area contributed by atoms with E-state index in [4.69, 9.17) is 0 Å². The molecule has 1 saturated heterocycles. The number of hydrogen-bond donors (Lipinski definition) is 0. The average molecular weight is 353 g/mol. The van der Waals surface area contributed by atoms with E-state index in [0.29, 0.717) is 6.42 Å². The zero-order valence-electron chi connectivity index (χ0n) is 15.3. The Labute approximate surface area is 160 Å². The Balaban J connectivity index is 1.46. The molecule has 0 spiro atoms. The molecule has 2 heteroatoms. The second kappa shape index (κ2) is 8.05. The van der Waals surface area contributed by atoms with Gasteiger partial charge in [0.1, 0.15) is 0 Å². The van der Waals surface area contributed by atoms with Gasteiger partial charge in [0.25, 0.3) is 0 Å². The maximum Gasteiger partial charge on any atom is 0.226 e. The third-order valence-corrected chi connectivity index (χ3v) is 5.13. The highest BCUT2D eigenvalue weighted by Crippen LogP contribution is 2.25. The molecule has 1 aliphatic rings. The van der Waals surface area contributed by atoms with Crippen LogP contribution < -0.4 is 0 Å². The first kappa shape index (κ1) is 17.3. The molecule has 134 valence electrons. The van der Waals surface area contributed by atoms with Gasteiger partial charge in [-0.2, -0.15) is 0 Å². The third-order valence-electron chi connectivity index (χ3n) is 5.13.